The zero-order valence-corrected chi connectivity index (χ0v) is 9.13. The summed E-state index contributed by atoms with van der Waals surface area (Å²) in [5.41, 5.74) is 0.969. The molecule has 0 atom stereocenters. The highest BCUT2D eigenvalue weighted by Crippen LogP contribution is 2.20. The van der Waals surface area contributed by atoms with Crippen molar-refractivity contribution >= 4 is 15.9 Å². The molecule has 0 saturated heterocycles. The molecule has 76 valence electrons. The predicted octanol–water partition coefficient (Wildman–Crippen LogP) is 3.79. The third-order valence-electron chi connectivity index (χ3n) is 1.89. The Kier molecular flexibility index (Phi) is 2.77. The number of hydrogen-bond acceptors (Lipinski definition) is 1. The molecule has 4 heteroatoms. The van der Waals surface area contributed by atoms with Gasteiger partial charge in [0, 0.05) is 22.3 Å². The average molecular weight is 270 g/mol. The van der Waals surface area contributed by atoms with Gasteiger partial charge in [-0.05, 0) is 40.2 Å². The number of benzene rings is 1. The quantitative estimate of drug-likeness (QED) is 0.768. The molecule has 0 bridgehead atoms. The summed E-state index contributed by atoms with van der Waals surface area (Å²) in [6.07, 6.45) is 1.58. The van der Waals surface area contributed by atoms with Crippen molar-refractivity contribution in [2.75, 3.05) is 0 Å². The minimum absolute atomic E-state index is 0.431. The number of rotatable bonds is 1. The third-order valence-corrected chi connectivity index (χ3v) is 2.35. The first-order chi connectivity index (χ1) is 7.15. The lowest BCUT2D eigenvalue weighted by Crippen LogP contribution is -1.86. The van der Waals surface area contributed by atoms with Gasteiger partial charge in [-0.3, -0.25) is 4.98 Å². The highest BCUT2D eigenvalue weighted by atomic mass is 79.9. The fraction of sp³-hybridized carbons (Fsp3) is 0. The van der Waals surface area contributed by atoms with E-state index < -0.39 is 11.6 Å². The number of hydrogen-bond donors (Lipinski definition) is 0. The summed E-state index contributed by atoms with van der Waals surface area (Å²) in [5, 5.41) is 0. The second-order valence-corrected chi connectivity index (χ2v) is 3.94. The minimum atomic E-state index is -0.602. The Labute approximate surface area is 93.9 Å². The van der Waals surface area contributed by atoms with Crippen molar-refractivity contribution in [1.29, 1.82) is 0 Å². The highest BCUT2D eigenvalue weighted by Gasteiger charge is 2.03. The van der Waals surface area contributed by atoms with Gasteiger partial charge in [-0.2, -0.15) is 0 Å². The highest BCUT2D eigenvalue weighted by molar-refractivity contribution is 9.10. The second kappa shape index (κ2) is 4.06. The first kappa shape index (κ1) is 10.2. The summed E-state index contributed by atoms with van der Waals surface area (Å²) < 4.78 is 26.7. The maximum absolute atomic E-state index is 12.9. The van der Waals surface area contributed by atoms with Crippen LogP contribution in [0.15, 0.2) is 41.0 Å². The molecule has 1 heterocycles. The van der Waals surface area contributed by atoms with Gasteiger partial charge in [0.05, 0.1) is 5.69 Å². The first-order valence-electron chi connectivity index (χ1n) is 4.23. The van der Waals surface area contributed by atoms with E-state index in [-0.39, 0.29) is 0 Å². The molecule has 0 amide bonds. The first-order valence-corrected chi connectivity index (χ1v) is 5.02. The van der Waals surface area contributed by atoms with Gasteiger partial charge in [-0.25, -0.2) is 8.78 Å². The Morgan fingerprint density at radius 2 is 1.67 bits per heavy atom. The minimum Gasteiger partial charge on any atom is -0.255 e. The smallest absolute Gasteiger partial charge is 0.126 e. The van der Waals surface area contributed by atoms with Crippen molar-refractivity contribution < 1.29 is 8.78 Å². The van der Waals surface area contributed by atoms with Crippen molar-refractivity contribution in [3.8, 4) is 11.3 Å². The van der Waals surface area contributed by atoms with E-state index >= 15 is 0 Å². The Balaban J connectivity index is 2.49. The van der Waals surface area contributed by atoms with E-state index in [0.717, 1.165) is 10.5 Å². The number of aromatic nitrogens is 1. The largest absolute Gasteiger partial charge is 0.255 e. The van der Waals surface area contributed by atoms with Crippen molar-refractivity contribution in [1.82, 2.24) is 4.98 Å². The number of nitrogens with zero attached hydrogens (tertiary/aromatic N) is 1. The summed E-state index contributed by atoms with van der Waals surface area (Å²) in [4.78, 5) is 4.05. The zero-order valence-electron chi connectivity index (χ0n) is 7.55. The van der Waals surface area contributed by atoms with Gasteiger partial charge < -0.3 is 0 Å². The fourth-order valence-corrected chi connectivity index (χ4v) is 1.48. The fourth-order valence-electron chi connectivity index (χ4n) is 1.25. The van der Waals surface area contributed by atoms with Crippen molar-refractivity contribution in [2.45, 2.75) is 0 Å². The molecular formula is C11H6BrF2N. The summed E-state index contributed by atoms with van der Waals surface area (Å²) >= 11 is 3.24. The summed E-state index contributed by atoms with van der Waals surface area (Å²) in [5.74, 6) is -1.20. The van der Waals surface area contributed by atoms with Crippen molar-refractivity contribution in [3.63, 3.8) is 0 Å². The normalized spacial score (nSPS) is 10.3. The molecule has 2 aromatic rings. The Hall–Kier alpha value is -1.29. The third kappa shape index (κ3) is 2.39. The Morgan fingerprint density at radius 3 is 2.20 bits per heavy atom. The Bertz CT molecular complexity index is 462. The average Bonchev–Trinajstić information content (AvgIpc) is 2.17. The van der Waals surface area contributed by atoms with Gasteiger partial charge in [-0.1, -0.05) is 0 Å². The lowest BCUT2D eigenvalue weighted by molar-refractivity contribution is 0.584. The molecule has 0 radical (unpaired) electrons. The van der Waals surface area contributed by atoms with Gasteiger partial charge >= 0.3 is 0 Å². The van der Waals surface area contributed by atoms with Gasteiger partial charge in [0.2, 0.25) is 0 Å². The molecule has 0 aliphatic rings. The number of halogens is 3. The molecule has 0 spiro atoms. The molecule has 0 saturated carbocycles. The molecule has 0 aliphatic carbocycles. The van der Waals surface area contributed by atoms with E-state index in [1.165, 1.54) is 12.1 Å². The van der Waals surface area contributed by atoms with Crippen LogP contribution in [0.4, 0.5) is 8.78 Å². The van der Waals surface area contributed by atoms with Crippen LogP contribution < -0.4 is 0 Å². The standard InChI is InChI=1S/C11H6BrF2N/c12-8-1-2-11(15-6-8)7-3-9(13)5-10(14)4-7/h1-6H. The lowest BCUT2D eigenvalue weighted by Gasteiger charge is -2.01. The number of pyridine rings is 1. The summed E-state index contributed by atoms with van der Waals surface area (Å²) in [6.45, 7) is 0. The maximum atomic E-state index is 12.9. The van der Waals surface area contributed by atoms with Crippen LogP contribution in [0.5, 0.6) is 0 Å². The van der Waals surface area contributed by atoms with Gasteiger partial charge in [-0.15, -0.1) is 0 Å². The molecule has 1 nitrogen and oxygen atoms in total. The molecular weight excluding hydrogens is 264 g/mol. The van der Waals surface area contributed by atoms with E-state index in [1.54, 1.807) is 18.3 Å². The van der Waals surface area contributed by atoms with E-state index in [0.29, 0.717) is 11.3 Å². The van der Waals surface area contributed by atoms with E-state index in [9.17, 15) is 8.78 Å². The van der Waals surface area contributed by atoms with Crippen LogP contribution in [0, 0.1) is 11.6 Å². The molecule has 1 aromatic heterocycles. The topological polar surface area (TPSA) is 12.9 Å². The Morgan fingerprint density at radius 1 is 1.00 bits per heavy atom. The van der Waals surface area contributed by atoms with Crippen LogP contribution in [-0.4, -0.2) is 4.98 Å². The van der Waals surface area contributed by atoms with Crippen LogP contribution >= 0.6 is 15.9 Å². The van der Waals surface area contributed by atoms with Crippen LogP contribution in [-0.2, 0) is 0 Å². The SMILES string of the molecule is Fc1cc(F)cc(-c2ccc(Br)cn2)c1. The molecule has 0 fully saturated rings. The zero-order chi connectivity index (χ0) is 10.8. The van der Waals surface area contributed by atoms with Crippen LogP contribution in [0.2, 0.25) is 0 Å². The molecule has 15 heavy (non-hydrogen) atoms. The van der Waals surface area contributed by atoms with Gasteiger partial charge in [0.15, 0.2) is 0 Å². The van der Waals surface area contributed by atoms with E-state index in [4.69, 9.17) is 0 Å². The van der Waals surface area contributed by atoms with E-state index in [2.05, 4.69) is 20.9 Å². The molecule has 1 aromatic carbocycles. The predicted molar refractivity (Wildman–Crippen MR) is 57.3 cm³/mol. The molecule has 0 N–H and O–H groups in total. The second-order valence-electron chi connectivity index (χ2n) is 3.02. The van der Waals surface area contributed by atoms with Crippen LogP contribution in [0.3, 0.4) is 0 Å². The monoisotopic (exact) mass is 269 g/mol. The van der Waals surface area contributed by atoms with Crippen LogP contribution in [0.1, 0.15) is 0 Å². The lowest BCUT2D eigenvalue weighted by atomic mass is 10.1. The van der Waals surface area contributed by atoms with Gasteiger partial charge in [0.1, 0.15) is 11.6 Å². The summed E-state index contributed by atoms with van der Waals surface area (Å²) in [7, 11) is 0. The molecule has 2 rings (SSSR count). The molecule has 0 aliphatic heterocycles. The summed E-state index contributed by atoms with van der Waals surface area (Å²) in [6, 6.07) is 6.80. The van der Waals surface area contributed by atoms with Crippen molar-refractivity contribution in [3.05, 3.63) is 52.6 Å². The van der Waals surface area contributed by atoms with Crippen molar-refractivity contribution in [2.24, 2.45) is 0 Å². The maximum Gasteiger partial charge on any atom is 0.126 e. The van der Waals surface area contributed by atoms with Crippen LogP contribution in [0.25, 0.3) is 11.3 Å². The molecule has 0 unspecified atom stereocenters. The van der Waals surface area contributed by atoms with Gasteiger partial charge in [0.25, 0.3) is 0 Å². The van der Waals surface area contributed by atoms with E-state index in [1.807, 2.05) is 0 Å².